The third-order valence-corrected chi connectivity index (χ3v) is 5.06. The normalized spacial score (nSPS) is 10.4. The van der Waals surface area contributed by atoms with Gasteiger partial charge >= 0.3 is 0 Å². The molecule has 3 aromatic carbocycles. The number of ether oxygens (including phenoxy) is 1. The molecule has 0 saturated heterocycles. The molecule has 0 aliphatic heterocycles. The SMILES string of the molecule is COc1ccc(O)cc1NC(=O)c1c(N)cccc1Sc1ccc([N+](=O)[O-])cc1. The van der Waals surface area contributed by atoms with E-state index in [0.29, 0.717) is 21.2 Å². The Hall–Kier alpha value is -3.72. The number of hydrogen-bond acceptors (Lipinski definition) is 7. The van der Waals surface area contributed by atoms with Crippen LogP contribution in [0, 0.1) is 10.1 Å². The Bertz CT molecular complexity index is 1070. The fourth-order valence-electron chi connectivity index (χ4n) is 2.62. The first kappa shape index (κ1) is 20.0. The fraction of sp³-hybridized carbons (Fsp3) is 0.0500. The highest BCUT2D eigenvalue weighted by Crippen LogP contribution is 2.35. The largest absolute Gasteiger partial charge is 0.508 e. The van der Waals surface area contributed by atoms with Gasteiger partial charge in [-0.05, 0) is 36.4 Å². The predicted molar refractivity (Wildman–Crippen MR) is 111 cm³/mol. The number of nitrogens with two attached hydrogens (primary N) is 1. The molecule has 0 aromatic heterocycles. The third kappa shape index (κ3) is 4.58. The van der Waals surface area contributed by atoms with Gasteiger partial charge in [-0.2, -0.15) is 0 Å². The van der Waals surface area contributed by atoms with Crippen molar-refractivity contribution in [1.29, 1.82) is 0 Å². The quantitative estimate of drug-likeness (QED) is 0.313. The van der Waals surface area contributed by atoms with E-state index < -0.39 is 10.8 Å². The highest BCUT2D eigenvalue weighted by Gasteiger charge is 2.18. The monoisotopic (exact) mass is 411 g/mol. The molecule has 148 valence electrons. The molecule has 3 aromatic rings. The number of amides is 1. The lowest BCUT2D eigenvalue weighted by molar-refractivity contribution is -0.384. The van der Waals surface area contributed by atoms with Crippen LogP contribution in [0.2, 0.25) is 0 Å². The van der Waals surface area contributed by atoms with Crippen molar-refractivity contribution in [3.63, 3.8) is 0 Å². The maximum absolute atomic E-state index is 12.9. The molecule has 9 heteroatoms. The number of nitro benzene ring substituents is 1. The summed E-state index contributed by atoms with van der Waals surface area (Å²) in [5.74, 6) is -0.116. The molecule has 3 rings (SSSR count). The zero-order valence-electron chi connectivity index (χ0n) is 15.3. The van der Waals surface area contributed by atoms with Crippen molar-refractivity contribution >= 4 is 34.7 Å². The number of nitrogens with one attached hydrogen (secondary N) is 1. The lowest BCUT2D eigenvalue weighted by Gasteiger charge is -2.14. The third-order valence-electron chi connectivity index (χ3n) is 3.99. The van der Waals surface area contributed by atoms with E-state index in [9.17, 15) is 20.0 Å². The number of nitrogen functional groups attached to an aromatic ring is 1. The van der Waals surface area contributed by atoms with Crippen LogP contribution in [0.15, 0.2) is 70.5 Å². The maximum Gasteiger partial charge on any atom is 0.269 e. The van der Waals surface area contributed by atoms with E-state index in [4.69, 9.17) is 10.5 Å². The van der Waals surface area contributed by atoms with Crippen LogP contribution in [0.5, 0.6) is 11.5 Å². The molecule has 0 spiro atoms. The van der Waals surface area contributed by atoms with Crippen LogP contribution < -0.4 is 15.8 Å². The van der Waals surface area contributed by atoms with Gasteiger partial charge in [0.2, 0.25) is 0 Å². The summed E-state index contributed by atoms with van der Waals surface area (Å²) in [5, 5.41) is 23.2. The number of non-ortho nitro benzene ring substituents is 1. The van der Waals surface area contributed by atoms with Gasteiger partial charge in [-0.15, -0.1) is 0 Å². The first-order chi connectivity index (χ1) is 13.9. The van der Waals surface area contributed by atoms with Crippen LogP contribution in [-0.2, 0) is 0 Å². The maximum atomic E-state index is 12.9. The Morgan fingerprint density at radius 3 is 2.55 bits per heavy atom. The van der Waals surface area contributed by atoms with Gasteiger partial charge in [0.15, 0.2) is 0 Å². The molecule has 0 fully saturated rings. The van der Waals surface area contributed by atoms with Crippen molar-refractivity contribution in [2.45, 2.75) is 9.79 Å². The number of phenols is 1. The Kier molecular flexibility index (Phi) is 5.89. The standard InChI is InChI=1S/C20H17N3O5S/c1-28-17-10-7-13(24)11-16(17)22-20(25)19-15(21)3-2-4-18(19)29-14-8-5-12(6-9-14)23(26)27/h2-11,24H,21H2,1H3,(H,22,25). The van der Waals surface area contributed by atoms with Crippen LogP contribution in [0.3, 0.4) is 0 Å². The molecule has 4 N–H and O–H groups in total. The van der Waals surface area contributed by atoms with E-state index in [2.05, 4.69) is 5.32 Å². The molecular formula is C20H17N3O5S. The average Bonchev–Trinajstić information content (AvgIpc) is 2.68. The van der Waals surface area contributed by atoms with Gasteiger partial charge in [-0.1, -0.05) is 17.8 Å². The zero-order valence-corrected chi connectivity index (χ0v) is 16.1. The first-order valence-corrected chi connectivity index (χ1v) is 9.20. The van der Waals surface area contributed by atoms with E-state index in [0.717, 1.165) is 0 Å². The summed E-state index contributed by atoms with van der Waals surface area (Å²) in [6.07, 6.45) is 0. The molecule has 0 unspecified atom stereocenters. The highest BCUT2D eigenvalue weighted by molar-refractivity contribution is 7.99. The zero-order chi connectivity index (χ0) is 21.0. The fourth-order valence-corrected chi connectivity index (χ4v) is 3.60. The van der Waals surface area contributed by atoms with Gasteiger partial charge in [-0.3, -0.25) is 14.9 Å². The lowest BCUT2D eigenvalue weighted by atomic mass is 10.1. The molecule has 1 amide bonds. The van der Waals surface area contributed by atoms with Crippen molar-refractivity contribution in [2.75, 3.05) is 18.2 Å². The van der Waals surface area contributed by atoms with Gasteiger partial charge in [0.1, 0.15) is 11.5 Å². The topological polar surface area (TPSA) is 128 Å². The Balaban J connectivity index is 1.91. The Morgan fingerprint density at radius 2 is 1.90 bits per heavy atom. The molecule has 0 aliphatic rings. The van der Waals surface area contributed by atoms with Crippen molar-refractivity contribution in [2.24, 2.45) is 0 Å². The molecule has 0 atom stereocenters. The van der Waals surface area contributed by atoms with Crippen molar-refractivity contribution in [3.05, 3.63) is 76.3 Å². The van der Waals surface area contributed by atoms with Gasteiger partial charge < -0.3 is 20.9 Å². The molecule has 0 radical (unpaired) electrons. The van der Waals surface area contributed by atoms with E-state index in [1.165, 1.54) is 49.2 Å². The van der Waals surface area contributed by atoms with Crippen LogP contribution in [0.1, 0.15) is 10.4 Å². The van der Waals surface area contributed by atoms with Gasteiger partial charge in [0.25, 0.3) is 11.6 Å². The minimum Gasteiger partial charge on any atom is -0.508 e. The van der Waals surface area contributed by atoms with Gasteiger partial charge in [0, 0.05) is 33.7 Å². The summed E-state index contributed by atoms with van der Waals surface area (Å²) < 4.78 is 5.21. The second-order valence-corrected chi connectivity index (χ2v) is 7.03. The molecular weight excluding hydrogens is 394 g/mol. The van der Waals surface area contributed by atoms with E-state index in [-0.39, 0.29) is 22.7 Å². The first-order valence-electron chi connectivity index (χ1n) is 8.38. The number of methoxy groups -OCH3 is 1. The summed E-state index contributed by atoms with van der Waals surface area (Å²) in [5.41, 5.74) is 6.85. The van der Waals surface area contributed by atoms with Crippen molar-refractivity contribution in [3.8, 4) is 11.5 Å². The molecule has 0 heterocycles. The summed E-state index contributed by atoms with van der Waals surface area (Å²) in [7, 11) is 1.45. The molecule has 0 aliphatic carbocycles. The van der Waals surface area contributed by atoms with Crippen molar-refractivity contribution < 1.29 is 19.6 Å². The minimum absolute atomic E-state index is 0.0177. The summed E-state index contributed by atoms with van der Waals surface area (Å²) in [4.78, 5) is 24.6. The number of benzene rings is 3. The Morgan fingerprint density at radius 1 is 1.17 bits per heavy atom. The number of aromatic hydroxyl groups is 1. The summed E-state index contributed by atoms with van der Waals surface area (Å²) in [6.45, 7) is 0. The van der Waals surface area contributed by atoms with E-state index >= 15 is 0 Å². The summed E-state index contributed by atoms with van der Waals surface area (Å²) >= 11 is 1.26. The number of carbonyl (C=O) groups excluding carboxylic acids is 1. The van der Waals surface area contributed by atoms with Crippen molar-refractivity contribution in [1.82, 2.24) is 0 Å². The number of nitrogens with zero attached hydrogens (tertiary/aromatic N) is 1. The van der Waals surface area contributed by atoms with Gasteiger partial charge in [-0.25, -0.2) is 0 Å². The van der Waals surface area contributed by atoms with Crippen LogP contribution in [-0.4, -0.2) is 23.0 Å². The van der Waals surface area contributed by atoms with Crippen LogP contribution >= 0.6 is 11.8 Å². The number of nitro groups is 1. The second-order valence-electron chi connectivity index (χ2n) is 5.91. The molecule has 8 nitrogen and oxygen atoms in total. The molecule has 29 heavy (non-hydrogen) atoms. The van der Waals surface area contributed by atoms with Crippen LogP contribution in [0.25, 0.3) is 0 Å². The Labute approximate surface area is 170 Å². The average molecular weight is 411 g/mol. The van der Waals surface area contributed by atoms with E-state index in [1.807, 2.05) is 0 Å². The molecule has 0 bridgehead atoms. The van der Waals surface area contributed by atoms with Crippen LogP contribution in [0.4, 0.5) is 17.1 Å². The number of hydrogen-bond donors (Lipinski definition) is 3. The number of anilines is 2. The van der Waals surface area contributed by atoms with E-state index in [1.54, 1.807) is 30.3 Å². The highest BCUT2D eigenvalue weighted by atomic mass is 32.2. The lowest BCUT2D eigenvalue weighted by Crippen LogP contribution is -2.15. The number of rotatable bonds is 6. The summed E-state index contributed by atoms with van der Waals surface area (Å²) in [6, 6.07) is 15.4. The smallest absolute Gasteiger partial charge is 0.269 e. The number of carbonyl (C=O) groups is 1. The number of phenolic OH excluding ortho intramolecular Hbond substituents is 1. The van der Waals surface area contributed by atoms with Gasteiger partial charge in [0.05, 0.1) is 23.3 Å². The minimum atomic E-state index is -0.476. The molecule has 0 saturated carbocycles. The predicted octanol–water partition coefficient (Wildman–Crippen LogP) is 4.29. The second kappa shape index (κ2) is 8.53.